The van der Waals surface area contributed by atoms with Crippen LogP contribution in [0.25, 0.3) is 4.96 Å². The van der Waals surface area contributed by atoms with Crippen LogP contribution in [0.3, 0.4) is 0 Å². The Morgan fingerprint density at radius 1 is 1.60 bits per heavy atom. The zero-order chi connectivity index (χ0) is 11.0. The summed E-state index contributed by atoms with van der Waals surface area (Å²) in [5, 5.41) is 8.57. The fourth-order valence-electron chi connectivity index (χ4n) is 1.46. The van der Waals surface area contributed by atoms with Crippen molar-refractivity contribution >= 4 is 22.3 Å². The predicted molar refractivity (Wildman–Crippen MR) is 58.5 cm³/mol. The van der Waals surface area contributed by atoms with E-state index in [-0.39, 0.29) is 6.42 Å². The largest absolute Gasteiger partial charge is 0.481 e. The monoisotopic (exact) mass is 224 g/mol. The lowest BCUT2D eigenvalue weighted by molar-refractivity contribution is -0.136. The van der Waals surface area contributed by atoms with E-state index in [0.717, 1.165) is 10.7 Å². The molecule has 2 aromatic rings. The van der Waals surface area contributed by atoms with E-state index in [9.17, 15) is 4.79 Å². The maximum Gasteiger partial charge on any atom is 0.303 e. The smallest absolute Gasteiger partial charge is 0.303 e. The molecule has 0 saturated carbocycles. The average molecular weight is 224 g/mol. The Morgan fingerprint density at radius 2 is 2.33 bits per heavy atom. The first-order valence-corrected chi connectivity index (χ1v) is 5.55. The summed E-state index contributed by atoms with van der Waals surface area (Å²) >= 11 is 1.64. The fraction of sp³-hybridized carbons (Fsp3) is 0.400. The van der Waals surface area contributed by atoms with Crippen molar-refractivity contribution in [2.24, 2.45) is 0 Å². The van der Waals surface area contributed by atoms with Crippen LogP contribution < -0.4 is 0 Å². The lowest BCUT2D eigenvalue weighted by atomic mass is 10.2. The number of hydrogen-bond donors (Lipinski definition) is 1. The maximum absolute atomic E-state index is 10.4. The van der Waals surface area contributed by atoms with Gasteiger partial charge in [0.2, 0.25) is 0 Å². The summed E-state index contributed by atoms with van der Waals surface area (Å²) in [6, 6.07) is 0. The van der Waals surface area contributed by atoms with Crippen molar-refractivity contribution < 1.29 is 9.90 Å². The van der Waals surface area contributed by atoms with Crippen LogP contribution in [0.1, 0.15) is 22.7 Å². The molecule has 0 bridgehead atoms. The van der Waals surface area contributed by atoms with E-state index in [2.05, 4.69) is 11.9 Å². The molecule has 4 nitrogen and oxygen atoms in total. The van der Waals surface area contributed by atoms with Gasteiger partial charge in [0.05, 0.1) is 12.1 Å². The second-order valence-electron chi connectivity index (χ2n) is 3.52. The highest BCUT2D eigenvalue weighted by atomic mass is 32.1. The van der Waals surface area contributed by atoms with Crippen LogP contribution in [0.15, 0.2) is 6.20 Å². The molecule has 0 aromatic carbocycles. The number of imidazole rings is 1. The van der Waals surface area contributed by atoms with E-state index in [1.54, 1.807) is 11.3 Å². The van der Waals surface area contributed by atoms with E-state index in [1.165, 1.54) is 10.6 Å². The normalized spacial score (nSPS) is 11.1. The molecule has 0 radical (unpaired) electrons. The Morgan fingerprint density at radius 3 is 2.93 bits per heavy atom. The lowest BCUT2D eigenvalue weighted by Gasteiger charge is -1.91. The van der Waals surface area contributed by atoms with Crippen molar-refractivity contribution in [3.63, 3.8) is 0 Å². The van der Waals surface area contributed by atoms with Gasteiger partial charge in [-0.05, 0) is 13.8 Å². The van der Waals surface area contributed by atoms with E-state index in [4.69, 9.17) is 5.11 Å². The van der Waals surface area contributed by atoms with E-state index >= 15 is 0 Å². The maximum atomic E-state index is 10.4. The molecule has 0 aliphatic carbocycles. The lowest BCUT2D eigenvalue weighted by Crippen LogP contribution is -1.97. The highest BCUT2D eigenvalue weighted by Crippen LogP contribution is 2.21. The summed E-state index contributed by atoms with van der Waals surface area (Å²) in [6.45, 7) is 4.10. The molecule has 80 valence electrons. The van der Waals surface area contributed by atoms with E-state index in [0.29, 0.717) is 6.42 Å². The molecule has 1 N–H and O–H groups in total. The molecule has 2 rings (SSSR count). The quantitative estimate of drug-likeness (QED) is 0.867. The summed E-state index contributed by atoms with van der Waals surface area (Å²) in [5.74, 6) is -0.778. The molecule has 0 atom stereocenters. The van der Waals surface area contributed by atoms with Crippen molar-refractivity contribution in [3.05, 3.63) is 22.5 Å². The second-order valence-corrected chi connectivity index (χ2v) is 4.70. The number of aliphatic carboxylic acids is 1. The van der Waals surface area contributed by atoms with Crippen molar-refractivity contribution in [1.82, 2.24) is 9.38 Å². The number of thiazole rings is 1. The Bertz CT molecular complexity index is 513. The zero-order valence-corrected chi connectivity index (χ0v) is 9.47. The number of rotatable bonds is 3. The topological polar surface area (TPSA) is 54.6 Å². The highest BCUT2D eigenvalue weighted by molar-refractivity contribution is 7.17. The standard InChI is InChI=1S/C10H12N2O2S/c1-6-7(2)15-10-11-8(5-12(6)10)3-4-9(13)14/h5H,3-4H2,1-2H3,(H,13,14). The van der Waals surface area contributed by atoms with Gasteiger partial charge in [-0.2, -0.15) is 0 Å². The van der Waals surface area contributed by atoms with Gasteiger partial charge in [0.25, 0.3) is 0 Å². The molecule has 0 aliphatic heterocycles. The number of aryl methyl sites for hydroxylation is 3. The molecule has 0 aliphatic rings. The van der Waals surface area contributed by atoms with Crippen molar-refractivity contribution in [2.75, 3.05) is 0 Å². The van der Waals surface area contributed by atoms with Crippen LogP contribution in [0.5, 0.6) is 0 Å². The molecule has 2 heterocycles. The van der Waals surface area contributed by atoms with Crippen LogP contribution in [0.2, 0.25) is 0 Å². The molecule has 0 unspecified atom stereocenters. The number of carboxylic acid groups (broad SMARTS) is 1. The Kier molecular flexibility index (Phi) is 2.48. The first-order chi connectivity index (χ1) is 7.08. The summed E-state index contributed by atoms with van der Waals surface area (Å²) in [4.78, 5) is 17.0. The SMILES string of the molecule is Cc1sc2nc(CCC(=O)O)cn2c1C. The highest BCUT2D eigenvalue weighted by Gasteiger charge is 2.09. The summed E-state index contributed by atoms with van der Waals surface area (Å²) < 4.78 is 2.02. The molecule has 0 fully saturated rings. The minimum Gasteiger partial charge on any atom is -0.481 e. The van der Waals surface area contributed by atoms with Crippen LogP contribution in [0, 0.1) is 13.8 Å². The second kappa shape index (κ2) is 3.66. The van der Waals surface area contributed by atoms with Crippen LogP contribution in [0.4, 0.5) is 0 Å². The van der Waals surface area contributed by atoms with Gasteiger partial charge in [-0.3, -0.25) is 9.20 Å². The minimum atomic E-state index is -0.778. The molecular formula is C10H12N2O2S. The van der Waals surface area contributed by atoms with Crippen LogP contribution >= 0.6 is 11.3 Å². The number of nitrogens with zero attached hydrogens (tertiary/aromatic N) is 2. The molecule has 0 saturated heterocycles. The van der Waals surface area contributed by atoms with Crippen molar-refractivity contribution in [2.45, 2.75) is 26.7 Å². The van der Waals surface area contributed by atoms with Gasteiger partial charge < -0.3 is 5.11 Å². The Balaban J connectivity index is 2.28. The summed E-state index contributed by atoms with van der Waals surface area (Å²) in [6.07, 6.45) is 2.57. The molecule has 0 amide bonds. The third-order valence-electron chi connectivity index (χ3n) is 2.43. The van der Waals surface area contributed by atoms with Gasteiger partial charge in [0.1, 0.15) is 0 Å². The van der Waals surface area contributed by atoms with Crippen molar-refractivity contribution in [1.29, 1.82) is 0 Å². The van der Waals surface area contributed by atoms with Crippen LogP contribution in [-0.4, -0.2) is 20.5 Å². The molecule has 2 aromatic heterocycles. The number of aromatic nitrogens is 2. The van der Waals surface area contributed by atoms with E-state index < -0.39 is 5.97 Å². The third kappa shape index (κ3) is 1.87. The molecule has 5 heteroatoms. The van der Waals surface area contributed by atoms with Gasteiger partial charge >= 0.3 is 5.97 Å². The number of hydrogen-bond acceptors (Lipinski definition) is 3. The predicted octanol–water partition coefficient (Wildman–Crippen LogP) is 2.03. The molecular weight excluding hydrogens is 212 g/mol. The average Bonchev–Trinajstić information content (AvgIpc) is 2.66. The Hall–Kier alpha value is -1.36. The number of carboxylic acids is 1. The van der Waals surface area contributed by atoms with Gasteiger partial charge in [-0.1, -0.05) is 0 Å². The van der Waals surface area contributed by atoms with Crippen molar-refractivity contribution in [3.8, 4) is 0 Å². The van der Waals surface area contributed by atoms with Crippen LogP contribution in [-0.2, 0) is 11.2 Å². The third-order valence-corrected chi connectivity index (χ3v) is 3.51. The van der Waals surface area contributed by atoms with Gasteiger partial charge in [-0.25, -0.2) is 4.98 Å². The molecule has 15 heavy (non-hydrogen) atoms. The van der Waals surface area contributed by atoms with Gasteiger partial charge in [-0.15, -0.1) is 11.3 Å². The minimum absolute atomic E-state index is 0.142. The van der Waals surface area contributed by atoms with Gasteiger partial charge in [0, 0.05) is 23.2 Å². The molecule has 0 spiro atoms. The zero-order valence-electron chi connectivity index (χ0n) is 8.65. The van der Waals surface area contributed by atoms with E-state index in [1.807, 2.05) is 17.5 Å². The first-order valence-electron chi connectivity index (χ1n) is 4.73. The number of carbonyl (C=O) groups is 1. The first kappa shape index (κ1) is 10.2. The number of fused-ring (bicyclic) bond motifs is 1. The van der Waals surface area contributed by atoms with Gasteiger partial charge in [0.15, 0.2) is 4.96 Å². The fourth-order valence-corrected chi connectivity index (χ4v) is 2.43. The summed E-state index contributed by atoms with van der Waals surface area (Å²) in [7, 11) is 0. The summed E-state index contributed by atoms with van der Waals surface area (Å²) in [5.41, 5.74) is 2.04. The Labute approximate surface area is 91.2 Å².